The van der Waals surface area contributed by atoms with Crippen molar-refractivity contribution in [1.29, 1.82) is 0 Å². The van der Waals surface area contributed by atoms with E-state index in [0.29, 0.717) is 6.42 Å². The number of halogens is 1. The zero-order valence-corrected chi connectivity index (χ0v) is 12.2. The van der Waals surface area contributed by atoms with Gasteiger partial charge < -0.3 is 0 Å². The number of carbonyl (C=O) groups excluding carboxylic acids is 1. The van der Waals surface area contributed by atoms with E-state index < -0.39 is 5.60 Å². The van der Waals surface area contributed by atoms with Crippen LogP contribution in [0.5, 0.6) is 0 Å². The summed E-state index contributed by atoms with van der Waals surface area (Å²) in [5.74, 6) is 0.00908. The highest BCUT2D eigenvalue weighted by Crippen LogP contribution is 2.42. The Hall–Kier alpha value is -1.52. The summed E-state index contributed by atoms with van der Waals surface area (Å²) < 4.78 is 12.9. The summed E-state index contributed by atoms with van der Waals surface area (Å²) in [6, 6.07) is 6.25. The Morgan fingerprint density at radius 1 is 1.33 bits per heavy atom. The Morgan fingerprint density at radius 3 is 2.76 bits per heavy atom. The molecule has 3 nitrogen and oxygen atoms in total. The smallest absolute Gasteiger partial charge is 0.138 e. The molecular formula is C17H19FO3. The second-order valence-corrected chi connectivity index (χ2v) is 6.18. The highest BCUT2D eigenvalue weighted by Gasteiger charge is 2.48. The molecule has 1 saturated carbocycles. The zero-order chi connectivity index (χ0) is 15.0. The predicted molar refractivity (Wildman–Crippen MR) is 76.7 cm³/mol. The van der Waals surface area contributed by atoms with Crippen molar-refractivity contribution in [2.24, 2.45) is 11.8 Å². The third-order valence-electron chi connectivity index (χ3n) is 4.67. The first-order chi connectivity index (χ1) is 9.98. The van der Waals surface area contributed by atoms with Crippen molar-refractivity contribution in [3.8, 4) is 0 Å². The van der Waals surface area contributed by atoms with Crippen molar-refractivity contribution in [3.05, 3.63) is 41.7 Å². The highest BCUT2D eigenvalue weighted by atomic mass is 19.1. The van der Waals surface area contributed by atoms with Crippen LogP contribution in [0.25, 0.3) is 6.08 Å². The third-order valence-corrected chi connectivity index (χ3v) is 4.67. The van der Waals surface area contributed by atoms with Gasteiger partial charge in [0.1, 0.15) is 23.3 Å². The van der Waals surface area contributed by atoms with Crippen molar-refractivity contribution in [3.63, 3.8) is 0 Å². The van der Waals surface area contributed by atoms with E-state index in [2.05, 4.69) is 0 Å². The van der Waals surface area contributed by atoms with Gasteiger partial charge in [-0.25, -0.2) is 14.2 Å². The molecule has 21 heavy (non-hydrogen) atoms. The molecule has 0 amide bonds. The van der Waals surface area contributed by atoms with Crippen molar-refractivity contribution in [1.82, 2.24) is 0 Å². The lowest BCUT2D eigenvalue weighted by atomic mass is 9.71. The average molecular weight is 290 g/mol. The van der Waals surface area contributed by atoms with Gasteiger partial charge in [-0.3, -0.25) is 4.79 Å². The Morgan fingerprint density at radius 2 is 2.05 bits per heavy atom. The summed E-state index contributed by atoms with van der Waals surface area (Å²) in [6.45, 7) is 3.82. The lowest BCUT2D eigenvalue weighted by Gasteiger charge is -2.45. The standard InChI is InChI=1S/C17H19FO3/c1-11-15(19)9-13-10-16(11)20-21-17(13,2)8-7-12-3-5-14(18)6-4-12/h3-8,11,13,16H,9-10H2,1-2H3/t11-,13+,16+,17+/m1/s1. The van der Waals surface area contributed by atoms with Gasteiger partial charge in [-0.15, -0.1) is 0 Å². The van der Waals surface area contributed by atoms with Crippen LogP contribution in [0.1, 0.15) is 32.3 Å². The maximum atomic E-state index is 12.9. The van der Waals surface area contributed by atoms with Crippen molar-refractivity contribution >= 4 is 11.9 Å². The van der Waals surface area contributed by atoms with Gasteiger partial charge in [0, 0.05) is 18.3 Å². The summed E-state index contributed by atoms with van der Waals surface area (Å²) in [6.07, 6.45) is 5.00. The summed E-state index contributed by atoms with van der Waals surface area (Å²) in [4.78, 5) is 23.0. The van der Waals surface area contributed by atoms with E-state index in [1.807, 2.05) is 26.0 Å². The largest absolute Gasteiger partial charge is 0.299 e. The number of hydrogen-bond donors (Lipinski definition) is 0. The van der Waals surface area contributed by atoms with Crippen LogP contribution < -0.4 is 0 Å². The van der Waals surface area contributed by atoms with E-state index in [0.717, 1.165) is 12.0 Å². The number of rotatable bonds is 2. The Bertz CT molecular complexity index is 566. The minimum Gasteiger partial charge on any atom is -0.299 e. The van der Waals surface area contributed by atoms with Crippen molar-refractivity contribution in [2.45, 2.75) is 38.4 Å². The van der Waals surface area contributed by atoms with Crippen LogP contribution in [0.15, 0.2) is 30.3 Å². The van der Waals surface area contributed by atoms with E-state index in [1.165, 1.54) is 12.1 Å². The average Bonchev–Trinajstić information content (AvgIpc) is 2.47. The molecule has 1 aromatic rings. The van der Waals surface area contributed by atoms with Gasteiger partial charge >= 0.3 is 0 Å². The van der Waals surface area contributed by atoms with Crippen LogP contribution in [0.4, 0.5) is 4.39 Å². The molecule has 1 heterocycles. The normalized spacial score (nSPS) is 36.1. The van der Waals surface area contributed by atoms with Gasteiger partial charge in [0.15, 0.2) is 0 Å². The first-order valence-electron chi connectivity index (χ1n) is 7.30. The number of Topliss-reactive ketones (excluding diaryl/α,β-unsaturated/α-hetero) is 1. The molecule has 112 valence electrons. The Labute approximate surface area is 123 Å². The fourth-order valence-electron chi connectivity index (χ4n) is 3.00. The number of benzene rings is 1. The molecule has 4 heteroatoms. The summed E-state index contributed by atoms with van der Waals surface area (Å²) in [5.41, 5.74) is 0.264. The number of hydrogen-bond acceptors (Lipinski definition) is 3. The molecule has 0 aromatic heterocycles. The van der Waals surface area contributed by atoms with Gasteiger partial charge in [-0.05, 0) is 37.1 Å². The maximum absolute atomic E-state index is 12.9. The third kappa shape index (κ3) is 2.78. The van der Waals surface area contributed by atoms with Crippen LogP contribution in [0.3, 0.4) is 0 Å². The zero-order valence-electron chi connectivity index (χ0n) is 12.2. The predicted octanol–water partition coefficient (Wildman–Crippen LogP) is 3.54. The van der Waals surface area contributed by atoms with Crippen LogP contribution in [-0.2, 0) is 14.6 Å². The SMILES string of the molecule is C[C@@H]1C(=O)C[C@H]2C[C@@H]1OO[C@@]2(C)C=Cc1ccc(F)cc1. The minimum atomic E-state index is -0.624. The molecule has 0 spiro atoms. The van der Waals surface area contributed by atoms with E-state index in [4.69, 9.17) is 9.78 Å². The fourth-order valence-corrected chi connectivity index (χ4v) is 3.00. The minimum absolute atomic E-state index is 0.0909. The molecule has 0 N–H and O–H groups in total. The van der Waals surface area contributed by atoms with Gasteiger partial charge in [-0.2, -0.15) is 0 Å². The Balaban J connectivity index is 1.78. The molecule has 1 aromatic carbocycles. The topological polar surface area (TPSA) is 35.5 Å². The number of fused-ring (bicyclic) bond motifs is 2. The molecule has 1 aliphatic heterocycles. The Kier molecular flexibility index (Phi) is 3.68. The van der Waals surface area contributed by atoms with Crippen LogP contribution >= 0.6 is 0 Å². The molecule has 4 atom stereocenters. The molecule has 0 radical (unpaired) electrons. The molecule has 0 unspecified atom stereocenters. The molecule has 2 bridgehead atoms. The monoisotopic (exact) mass is 290 g/mol. The molecule has 2 fully saturated rings. The van der Waals surface area contributed by atoms with Gasteiger partial charge in [0.2, 0.25) is 0 Å². The second-order valence-electron chi connectivity index (χ2n) is 6.18. The van der Waals surface area contributed by atoms with Crippen molar-refractivity contribution < 1.29 is 19.0 Å². The van der Waals surface area contributed by atoms with Crippen LogP contribution in [-0.4, -0.2) is 17.5 Å². The molecule has 2 aliphatic rings. The van der Waals surface area contributed by atoms with E-state index in [-0.39, 0.29) is 29.5 Å². The highest BCUT2D eigenvalue weighted by molar-refractivity contribution is 5.82. The van der Waals surface area contributed by atoms with E-state index in [9.17, 15) is 9.18 Å². The van der Waals surface area contributed by atoms with Crippen LogP contribution in [0.2, 0.25) is 0 Å². The molecule has 1 aliphatic carbocycles. The summed E-state index contributed by atoms with van der Waals surface area (Å²) in [7, 11) is 0. The first kappa shape index (κ1) is 14.4. The molecule has 1 saturated heterocycles. The lowest BCUT2D eigenvalue weighted by Crippen LogP contribution is -2.51. The molecular weight excluding hydrogens is 271 g/mol. The quantitative estimate of drug-likeness (QED) is 0.781. The van der Waals surface area contributed by atoms with Gasteiger partial charge in [0.25, 0.3) is 0 Å². The maximum Gasteiger partial charge on any atom is 0.138 e. The number of ketones is 1. The number of carbonyl (C=O) groups is 1. The van der Waals surface area contributed by atoms with Gasteiger partial charge in [0.05, 0.1) is 0 Å². The fraction of sp³-hybridized carbons (Fsp3) is 0.471. The summed E-state index contributed by atoms with van der Waals surface area (Å²) in [5, 5.41) is 0. The van der Waals surface area contributed by atoms with E-state index in [1.54, 1.807) is 12.1 Å². The second kappa shape index (κ2) is 5.35. The van der Waals surface area contributed by atoms with Gasteiger partial charge in [-0.1, -0.05) is 25.1 Å². The summed E-state index contributed by atoms with van der Waals surface area (Å²) >= 11 is 0. The van der Waals surface area contributed by atoms with E-state index >= 15 is 0 Å². The lowest BCUT2D eigenvalue weighted by molar-refractivity contribution is -0.415. The first-order valence-corrected chi connectivity index (χ1v) is 7.30. The molecule has 3 rings (SSSR count). The van der Waals surface area contributed by atoms with Crippen molar-refractivity contribution in [2.75, 3.05) is 0 Å². The van der Waals surface area contributed by atoms with Crippen LogP contribution in [0, 0.1) is 17.7 Å².